The first-order valence-corrected chi connectivity index (χ1v) is 7.52. The van der Waals surface area contributed by atoms with Gasteiger partial charge in [0.1, 0.15) is 11.6 Å². The maximum Gasteiger partial charge on any atom is 0.261 e. The van der Waals surface area contributed by atoms with Gasteiger partial charge >= 0.3 is 0 Å². The molecule has 112 valence electrons. The quantitative estimate of drug-likeness (QED) is 0.324. The van der Waals surface area contributed by atoms with Crippen LogP contribution in [0.4, 0.5) is 0 Å². The third kappa shape index (κ3) is 5.79. The van der Waals surface area contributed by atoms with Gasteiger partial charge in [-0.2, -0.15) is 17.0 Å². The zero-order valence-electron chi connectivity index (χ0n) is 12.0. The molecule has 0 bridgehead atoms. The Balaban J connectivity index is 2.68. The van der Waals surface area contributed by atoms with E-state index in [1.807, 2.05) is 6.07 Å². The van der Waals surface area contributed by atoms with Crippen LogP contribution in [0, 0.1) is 11.3 Å². The highest BCUT2D eigenvalue weighted by molar-refractivity contribution is 7.99. The molecule has 3 N–H and O–H groups in total. The molecule has 0 spiro atoms. The van der Waals surface area contributed by atoms with E-state index in [0.717, 1.165) is 5.75 Å². The molecule has 0 aliphatic carbocycles. The lowest BCUT2D eigenvalue weighted by Crippen LogP contribution is -2.27. The van der Waals surface area contributed by atoms with Crippen molar-refractivity contribution in [2.24, 2.45) is 0 Å². The predicted octanol–water partition coefficient (Wildman–Crippen LogP) is 2.26. The highest BCUT2D eigenvalue weighted by Gasteiger charge is 2.09. The van der Waals surface area contributed by atoms with Crippen molar-refractivity contribution in [3.63, 3.8) is 0 Å². The van der Waals surface area contributed by atoms with E-state index in [-0.39, 0.29) is 17.1 Å². The lowest BCUT2D eigenvalue weighted by atomic mass is 10.1. The zero-order valence-corrected chi connectivity index (χ0v) is 12.8. The third-order valence-corrected chi connectivity index (χ3v) is 3.62. The number of carbonyl (C=O) groups excluding carboxylic acids is 1. The Morgan fingerprint density at radius 2 is 2.14 bits per heavy atom. The standard InChI is InChI=1S/C15H18N2O3S/c1-10(2)21-6-5-17-15(20)12(9-16)7-11-3-4-13(18)14(19)8-11/h3-4,7-8,10,18-19H,5-6H2,1-2H3,(H,17,20)/b12-7+. The summed E-state index contributed by atoms with van der Waals surface area (Å²) in [5.74, 6) is -0.215. The van der Waals surface area contributed by atoms with Crippen molar-refractivity contribution in [3.8, 4) is 17.6 Å². The van der Waals surface area contributed by atoms with Crippen LogP contribution in [0.25, 0.3) is 6.08 Å². The van der Waals surface area contributed by atoms with Crippen LogP contribution >= 0.6 is 11.8 Å². The molecule has 0 aromatic heterocycles. The second-order valence-corrected chi connectivity index (χ2v) is 6.28. The Labute approximate surface area is 128 Å². The Bertz CT molecular complexity index is 577. The fourth-order valence-corrected chi connectivity index (χ4v) is 2.19. The molecule has 0 unspecified atom stereocenters. The average Bonchev–Trinajstić information content (AvgIpc) is 2.44. The number of hydrogen-bond donors (Lipinski definition) is 3. The van der Waals surface area contributed by atoms with Crippen molar-refractivity contribution in [3.05, 3.63) is 29.3 Å². The molecule has 0 atom stereocenters. The molecule has 1 aromatic carbocycles. The van der Waals surface area contributed by atoms with Gasteiger partial charge in [-0.05, 0) is 29.0 Å². The van der Waals surface area contributed by atoms with Crippen LogP contribution in [-0.2, 0) is 4.79 Å². The van der Waals surface area contributed by atoms with Crippen LogP contribution in [-0.4, -0.2) is 33.7 Å². The van der Waals surface area contributed by atoms with E-state index in [9.17, 15) is 15.0 Å². The summed E-state index contributed by atoms with van der Waals surface area (Å²) in [6.45, 7) is 4.64. The highest BCUT2D eigenvalue weighted by atomic mass is 32.2. The fourth-order valence-electron chi connectivity index (χ4n) is 1.50. The molecule has 0 aliphatic heterocycles. The van der Waals surface area contributed by atoms with Gasteiger partial charge in [-0.3, -0.25) is 4.79 Å². The number of benzene rings is 1. The van der Waals surface area contributed by atoms with E-state index >= 15 is 0 Å². The van der Waals surface area contributed by atoms with Crippen molar-refractivity contribution in [2.45, 2.75) is 19.1 Å². The van der Waals surface area contributed by atoms with Crippen molar-refractivity contribution in [1.29, 1.82) is 5.26 Å². The highest BCUT2D eigenvalue weighted by Crippen LogP contribution is 2.25. The summed E-state index contributed by atoms with van der Waals surface area (Å²) < 4.78 is 0. The molecule has 1 aromatic rings. The number of amides is 1. The number of thioether (sulfide) groups is 1. The number of nitrogens with zero attached hydrogens (tertiary/aromatic N) is 1. The molecule has 1 rings (SSSR count). The van der Waals surface area contributed by atoms with Crippen molar-refractivity contribution >= 4 is 23.7 Å². The molecular weight excluding hydrogens is 288 g/mol. The van der Waals surface area contributed by atoms with Crippen LogP contribution in [0.2, 0.25) is 0 Å². The lowest BCUT2D eigenvalue weighted by Gasteiger charge is -2.06. The number of phenols is 2. The predicted molar refractivity (Wildman–Crippen MR) is 84.0 cm³/mol. The van der Waals surface area contributed by atoms with Crippen LogP contribution < -0.4 is 5.32 Å². The summed E-state index contributed by atoms with van der Waals surface area (Å²) >= 11 is 1.72. The maximum absolute atomic E-state index is 11.9. The Morgan fingerprint density at radius 3 is 2.71 bits per heavy atom. The molecule has 0 heterocycles. The van der Waals surface area contributed by atoms with Gasteiger partial charge in [0.05, 0.1) is 0 Å². The van der Waals surface area contributed by atoms with Crippen molar-refractivity contribution < 1.29 is 15.0 Å². The lowest BCUT2D eigenvalue weighted by molar-refractivity contribution is -0.116. The summed E-state index contributed by atoms with van der Waals surface area (Å²) in [6.07, 6.45) is 1.37. The van der Waals surface area contributed by atoms with Crippen molar-refractivity contribution in [1.82, 2.24) is 5.32 Å². The molecule has 0 aliphatic rings. The van der Waals surface area contributed by atoms with E-state index in [1.165, 1.54) is 24.3 Å². The molecule has 0 saturated heterocycles. The van der Waals surface area contributed by atoms with Gasteiger partial charge < -0.3 is 15.5 Å². The van der Waals surface area contributed by atoms with Gasteiger partial charge in [0.25, 0.3) is 5.91 Å². The molecule has 1 amide bonds. The maximum atomic E-state index is 11.9. The van der Waals surface area contributed by atoms with Gasteiger partial charge in [0.15, 0.2) is 11.5 Å². The van der Waals surface area contributed by atoms with E-state index < -0.39 is 5.91 Å². The topological polar surface area (TPSA) is 93.4 Å². The number of rotatable bonds is 6. The number of phenolic OH excluding ortho intramolecular Hbond substituents is 2. The number of nitrogens with one attached hydrogen (secondary N) is 1. The Morgan fingerprint density at radius 1 is 1.43 bits per heavy atom. The largest absolute Gasteiger partial charge is 0.504 e. The molecule has 6 heteroatoms. The average molecular weight is 306 g/mol. The summed E-state index contributed by atoms with van der Waals surface area (Å²) in [4.78, 5) is 11.9. The van der Waals surface area contributed by atoms with Gasteiger partial charge in [-0.15, -0.1) is 0 Å². The van der Waals surface area contributed by atoms with E-state index in [4.69, 9.17) is 5.26 Å². The second kappa shape index (κ2) is 8.22. The molecule has 0 radical (unpaired) electrons. The molecule has 0 saturated carbocycles. The van der Waals surface area contributed by atoms with Crippen LogP contribution in [0.5, 0.6) is 11.5 Å². The van der Waals surface area contributed by atoms with E-state index in [1.54, 1.807) is 11.8 Å². The van der Waals surface area contributed by atoms with E-state index in [2.05, 4.69) is 19.2 Å². The second-order valence-electron chi connectivity index (χ2n) is 4.59. The summed E-state index contributed by atoms with van der Waals surface area (Å²) in [6, 6.07) is 5.93. The monoisotopic (exact) mass is 306 g/mol. The van der Waals surface area contributed by atoms with Crippen LogP contribution in [0.15, 0.2) is 23.8 Å². The Kier molecular flexibility index (Phi) is 6.63. The molecule has 21 heavy (non-hydrogen) atoms. The molecule has 0 fully saturated rings. The molecule has 5 nitrogen and oxygen atoms in total. The van der Waals surface area contributed by atoms with Crippen LogP contribution in [0.3, 0.4) is 0 Å². The number of carbonyl (C=O) groups is 1. The summed E-state index contributed by atoms with van der Waals surface area (Å²) in [5.41, 5.74) is 0.420. The van der Waals surface area contributed by atoms with Gasteiger partial charge in [0, 0.05) is 12.3 Å². The van der Waals surface area contributed by atoms with Gasteiger partial charge in [-0.25, -0.2) is 0 Å². The van der Waals surface area contributed by atoms with E-state index in [0.29, 0.717) is 17.4 Å². The number of aromatic hydroxyl groups is 2. The first-order chi connectivity index (χ1) is 9.93. The van der Waals surface area contributed by atoms with Crippen molar-refractivity contribution in [2.75, 3.05) is 12.3 Å². The van der Waals surface area contributed by atoms with Crippen LogP contribution in [0.1, 0.15) is 19.4 Å². The normalized spacial score (nSPS) is 11.2. The zero-order chi connectivity index (χ0) is 15.8. The fraction of sp³-hybridized carbons (Fsp3) is 0.333. The minimum Gasteiger partial charge on any atom is -0.504 e. The minimum atomic E-state index is -0.450. The minimum absolute atomic E-state index is 0.0466. The van der Waals surface area contributed by atoms with Gasteiger partial charge in [-0.1, -0.05) is 19.9 Å². The smallest absolute Gasteiger partial charge is 0.261 e. The van der Waals surface area contributed by atoms with Gasteiger partial charge in [0.2, 0.25) is 0 Å². The number of hydrogen-bond acceptors (Lipinski definition) is 5. The third-order valence-electron chi connectivity index (χ3n) is 2.51. The molecular formula is C15H18N2O3S. The number of nitriles is 1. The summed E-state index contributed by atoms with van der Waals surface area (Å²) in [5, 5.41) is 30.8. The first-order valence-electron chi connectivity index (χ1n) is 6.47. The first kappa shape index (κ1) is 16.9. The SMILES string of the molecule is CC(C)SCCNC(=O)/C(C#N)=C/c1ccc(O)c(O)c1. The summed E-state index contributed by atoms with van der Waals surface area (Å²) in [7, 11) is 0. The Hall–Kier alpha value is -2.13.